The number of rotatable bonds is 4. The van der Waals surface area contributed by atoms with Crippen LogP contribution in [0, 0.1) is 0 Å². The second-order valence-electron chi connectivity index (χ2n) is 4.98. The summed E-state index contributed by atoms with van der Waals surface area (Å²) in [4.78, 5) is 0. The third-order valence-corrected chi connectivity index (χ3v) is 3.58. The lowest BCUT2D eigenvalue weighted by molar-refractivity contribution is 0.316. The Balaban J connectivity index is 2.08. The first-order valence-corrected chi connectivity index (χ1v) is 6.79. The number of ether oxygens (including phenoxy) is 1. The highest BCUT2D eigenvalue weighted by Crippen LogP contribution is 2.33. The summed E-state index contributed by atoms with van der Waals surface area (Å²) in [6, 6.07) is 8.81. The van der Waals surface area contributed by atoms with Crippen molar-refractivity contribution in [3.05, 3.63) is 29.8 Å². The van der Waals surface area contributed by atoms with Gasteiger partial charge >= 0.3 is 0 Å². The predicted molar refractivity (Wildman–Crippen MR) is 71.4 cm³/mol. The summed E-state index contributed by atoms with van der Waals surface area (Å²) in [5.41, 5.74) is 7.57. The van der Waals surface area contributed by atoms with Crippen LogP contribution in [-0.2, 0) is 0 Å². The van der Waals surface area contributed by atoms with E-state index in [0.29, 0.717) is 12.0 Å². The summed E-state index contributed by atoms with van der Waals surface area (Å²) in [6.45, 7) is 2.92. The molecule has 1 aromatic rings. The largest absolute Gasteiger partial charge is 0.494 e. The Morgan fingerprint density at radius 1 is 1.29 bits per heavy atom. The molecule has 0 heterocycles. The SMILES string of the molecule is CCCOc1cccc(C2CCCCC2N)c1. The second kappa shape index (κ2) is 6.06. The number of nitrogens with two attached hydrogens (primary N) is 1. The molecular formula is C15H23NO. The monoisotopic (exact) mass is 233 g/mol. The van der Waals surface area contributed by atoms with Gasteiger partial charge in [0.05, 0.1) is 6.61 Å². The Bertz CT molecular complexity index is 351. The molecule has 2 atom stereocenters. The fourth-order valence-corrected chi connectivity index (χ4v) is 2.63. The summed E-state index contributed by atoms with van der Waals surface area (Å²) < 4.78 is 5.68. The smallest absolute Gasteiger partial charge is 0.119 e. The van der Waals surface area contributed by atoms with E-state index in [9.17, 15) is 0 Å². The lowest BCUT2D eigenvalue weighted by Gasteiger charge is -2.29. The molecule has 0 radical (unpaired) electrons. The molecule has 2 rings (SSSR count). The Morgan fingerprint density at radius 2 is 2.12 bits per heavy atom. The molecule has 2 heteroatoms. The van der Waals surface area contributed by atoms with Crippen molar-refractivity contribution in [3.63, 3.8) is 0 Å². The molecule has 2 unspecified atom stereocenters. The summed E-state index contributed by atoms with van der Waals surface area (Å²) in [7, 11) is 0. The van der Waals surface area contributed by atoms with Crippen LogP contribution in [0.5, 0.6) is 5.75 Å². The lowest BCUT2D eigenvalue weighted by atomic mass is 9.80. The average molecular weight is 233 g/mol. The van der Waals surface area contributed by atoms with Crippen molar-refractivity contribution in [2.24, 2.45) is 5.73 Å². The summed E-state index contributed by atoms with van der Waals surface area (Å²) in [6.07, 6.45) is 6.01. The molecule has 0 amide bonds. The molecule has 0 bridgehead atoms. The van der Waals surface area contributed by atoms with E-state index in [2.05, 4.69) is 25.1 Å². The molecule has 17 heavy (non-hydrogen) atoms. The maximum atomic E-state index is 6.22. The van der Waals surface area contributed by atoms with Crippen molar-refractivity contribution < 1.29 is 4.74 Å². The van der Waals surface area contributed by atoms with Gasteiger partial charge in [0, 0.05) is 6.04 Å². The maximum absolute atomic E-state index is 6.22. The van der Waals surface area contributed by atoms with Crippen LogP contribution in [0.4, 0.5) is 0 Å². The molecule has 1 saturated carbocycles. The highest BCUT2D eigenvalue weighted by atomic mass is 16.5. The molecule has 0 aromatic heterocycles. The van der Waals surface area contributed by atoms with Gasteiger partial charge in [0.15, 0.2) is 0 Å². The first-order chi connectivity index (χ1) is 8.31. The van der Waals surface area contributed by atoms with E-state index >= 15 is 0 Å². The summed E-state index contributed by atoms with van der Waals surface area (Å²) >= 11 is 0. The van der Waals surface area contributed by atoms with Crippen molar-refractivity contribution in [1.82, 2.24) is 0 Å². The molecular weight excluding hydrogens is 210 g/mol. The van der Waals surface area contributed by atoms with Crippen LogP contribution < -0.4 is 10.5 Å². The van der Waals surface area contributed by atoms with Gasteiger partial charge in [-0.2, -0.15) is 0 Å². The molecule has 1 aliphatic rings. The maximum Gasteiger partial charge on any atom is 0.119 e. The van der Waals surface area contributed by atoms with Crippen molar-refractivity contribution in [3.8, 4) is 5.75 Å². The van der Waals surface area contributed by atoms with Gasteiger partial charge in [-0.1, -0.05) is 31.9 Å². The zero-order valence-corrected chi connectivity index (χ0v) is 10.7. The molecule has 2 N–H and O–H groups in total. The third-order valence-electron chi connectivity index (χ3n) is 3.58. The first kappa shape index (κ1) is 12.4. The molecule has 0 saturated heterocycles. The fourth-order valence-electron chi connectivity index (χ4n) is 2.63. The van der Waals surface area contributed by atoms with Crippen LogP contribution >= 0.6 is 0 Å². The van der Waals surface area contributed by atoms with Gasteiger partial charge in [-0.15, -0.1) is 0 Å². The van der Waals surface area contributed by atoms with Gasteiger partial charge in [0.2, 0.25) is 0 Å². The van der Waals surface area contributed by atoms with Crippen molar-refractivity contribution in [2.75, 3.05) is 6.61 Å². The molecule has 2 nitrogen and oxygen atoms in total. The molecule has 0 aliphatic heterocycles. The number of benzene rings is 1. The Morgan fingerprint density at radius 3 is 2.88 bits per heavy atom. The quantitative estimate of drug-likeness (QED) is 0.864. The average Bonchev–Trinajstić information content (AvgIpc) is 2.37. The summed E-state index contributed by atoms with van der Waals surface area (Å²) in [5.74, 6) is 1.51. The predicted octanol–water partition coefficient (Wildman–Crippen LogP) is 3.46. The third kappa shape index (κ3) is 3.22. The molecule has 0 spiro atoms. The minimum Gasteiger partial charge on any atom is -0.494 e. The van der Waals surface area contributed by atoms with E-state index in [1.54, 1.807) is 0 Å². The minimum absolute atomic E-state index is 0.324. The Hall–Kier alpha value is -1.02. The molecule has 1 aromatic carbocycles. The minimum atomic E-state index is 0.324. The van der Waals surface area contributed by atoms with Crippen molar-refractivity contribution in [1.29, 1.82) is 0 Å². The first-order valence-electron chi connectivity index (χ1n) is 6.79. The van der Waals surface area contributed by atoms with E-state index < -0.39 is 0 Å². The van der Waals surface area contributed by atoms with E-state index in [1.165, 1.54) is 24.8 Å². The van der Waals surface area contributed by atoms with E-state index in [-0.39, 0.29) is 0 Å². The normalized spacial score (nSPS) is 24.6. The van der Waals surface area contributed by atoms with Gasteiger partial charge in [0.25, 0.3) is 0 Å². The van der Waals surface area contributed by atoms with Gasteiger partial charge in [-0.25, -0.2) is 0 Å². The topological polar surface area (TPSA) is 35.2 Å². The standard InChI is InChI=1S/C15H23NO/c1-2-10-17-13-7-5-6-12(11-13)14-8-3-4-9-15(14)16/h5-7,11,14-15H,2-4,8-10,16H2,1H3. The van der Waals surface area contributed by atoms with Crippen LogP contribution in [0.15, 0.2) is 24.3 Å². The van der Waals surface area contributed by atoms with Gasteiger partial charge in [0.1, 0.15) is 5.75 Å². The number of hydrogen-bond donors (Lipinski definition) is 1. The second-order valence-corrected chi connectivity index (χ2v) is 4.98. The zero-order valence-electron chi connectivity index (χ0n) is 10.7. The van der Waals surface area contributed by atoms with E-state index in [1.807, 2.05) is 6.07 Å². The van der Waals surface area contributed by atoms with Gasteiger partial charge < -0.3 is 10.5 Å². The summed E-state index contributed by atoms with van der Waals surface area (Å²) in [5, 5.41) is 0. The van der Waals surface area contributed by atoms with Gasteiger partial charge in [-0.05, 0) is 42.9 Å². The Labute approximate surface area is 104 Å². The van der Waals surface area contributed by atoms with Crippen LogP contribution in [0.2, 0.25) is 0 Å². The number of hydrogen-bond acceptors (Lipinski definition) is 2. The van der Waals surface area contributed by atoms with Crippen LogP contribution in [0.3, 0.4) is 0 Å². The van der Waals surface area contributed by atoms with E-state index in [0.717, 1.165) is 25.2 Å². The van der Waals surface area contributed by atoms with Crippen LogP contribution in [-0.4, -0.2) is 12.6 Å². The fraction of sp³-hybridized carbons (Fsp3) is 0.600. The van der Waals surface area contributed by atoms with Crippen molar-refractivity contribution >= 4 is 0 Å². The molecule has 1 aliphatic carbocycles. The van der Waals surface area contributed by atoms with Crippen LogP contribution in [0.1, 0.15) is 50.5 Å². The Kier molecular flexibility index (Phi) is 4.43. The molecule has 94 valence electrons. The highest BCUT2D eigenvalue weighted by molar-refractivity contribution is 5.32. The molecule has 1 fully saturated rings. The van der Waals surface area contributed by atoms with Gasteiger partial charge in [-0.3, -0.25) is 0 Å². The highest BCUT2D eigenvalue weighted by Gasteiger charge is 2.23. The zero-order chi connectivity index (χ0) is 12.1. The van der Waals surface area contributed by atoms with Crippen LogP contribution in [0.25, 0.3) is 0 Å². The van der Waals surface area contributed by atoms with Crippen molar-refractivity contribution in [2.45, 2.75) is 51.0 Å². The van der Waals surface area contributed by atoms with E-state index in [4.69, 9.17) is 10.5 Å². The lowest BCUT2D eigenvalue weighted by Crippen LogP contribution is -2.31.